The number of urea groups is 1. The van der Waals surface area contributed by atoms with Gasteiger partial charge in [-0.15, -0.1) is 0 Å². The van der Waals surface area contributed by atoms with Crippen LogP contribution in [-0.4, -0.2) is 65.8 Å². The van der Waals surface area contributed by atoms with Crippen molar-refractivity contribution >= 4 is 11.9 Å². The number of imide groups is 1. The van der Waals surface area contributed by atoms with Gasteiger partial charge in [0, 0.05) is 26.9 Å². The van der Waals surface area contributed by atoms with Crippen LogP contribution in [0.25, 0.3) is 0 Å². The molecule has 0 aromatic rings. The Hall–Kier alpha value is -1.14. The maximum atomic E-state index is 12.5. The normalized spacial score (nSPS) is 15.4. The van der Waals surface area contributed by atoms with Gasteiger partial charge in [0.2, 0.25) is 0 Å². The molecule has 6 nitrogen and oxygen atoms in total. The van der Waals surface area contributed by atoms with Gasteiger partial charge >= 0.3 is 6.03 Å². The molecule has 0 unspecified atom stereocenters. The van der Waals surface area contributed by atoms with E-state index in [0.29, 0.717) is 12.0 Å². The van der Waals surface area contributed by atoms with Crippen LogP contribution < -0.4 is 0 Å². The Bertz CT molecular complexity index is 530. The maximum Gasteiger partial charge on any atom is 0.327 e. The van der Waals surface area contributed by atoms with Gasteiger partial charge in [-0.25, -0.2) is 4.79 Å². The summed E-state index contributed by atoms with van der Waals surface area (Å²) in [6, 6.07) is -0.154. The smallest absolute Gasteiger partial charge is 0.327 e. The van der Waals surface area contributed by atoms with Crippen molar-refractivity contribution in [1.29, 1.82) is 0 Å². The van der Waals surface area contributed by atoms with Crippen LogP contribution in [0.4, 0.5) is 4.79 Å². The molecule has 182 valence electrons. The first kappa shape index (κ1) is 27.9. The van der Waals surface area contributed by atoms with E-state index in [1.807, 2.05) is 0 Å². The average Bonchev–Trinajstić information content (AvgIpc) is 3.04. The Morgan fingerprint density at radius 1 is 0.839 bits per heavy atom. The lowest BCUT2D eigenvalue weighted by atomic mass is 9.74. The molecule has 0 atom stereocenters. The van der Waals surface area contributed by atoms with Crippen LogP contribution in [0, 0.1) is 5.41 Å². The van der Waals surface area contributed by atoms with E-state index in [1.54, 1.807) is 7.05 Å². The highest BCUT2D eigenvalue weighted by atomic mass is 16.5. The van der Waals surface area contributed by atoms with Crippen LogP contribution in [0.2, 0.25) is 0 Å². The molecule has 0 aliphatic carbocycles. The van der Waals surface area contributed by atoms with Crippen molar-refractivity contribution in [2.75, 3.05) is 33.4 Å². The molecule has 1 N–H and O–H groups in total. The molecule has 3 amide bonds. The van der Waals surface area contributed by atoms with Crippen molar-refractivity contribution in [3.63, 3.8) is 0 Å². The van der Waals surface area contributed by atoms with E-state index in [9.17, 15) is 9.59 Å². The molecular formula is C25H48N2O4. The fraction of sp³-hybridized carbons (Fsp3) is 0.920. The summed E-state index contributed by atoms with van der Waals surface area (Å²) >= 11 is 0. The van der Waals surface area contributed by atoms with E-state index in [0.717, 1.165) is 64.6 Å². The molecule has 0 aromatic carbocycles. The average molecular weight is 441 g/mol. The third-order valence-electron chi connectivity index (χ3n) is 7.72. The second kappa shape index (κ2) is 14.1. The Balaban J connectivity index is 2.30. The zero-order valence-corrected chi connectivity index (χ0v) is 20.9. The van der Waals surface area contributed by atoms with E-state index in [-0.39, 0.29) is 24.0 Å². The van der Waals surface area contributed by atoms with Gasteiger partial charge in [0.15, 0.2) is 0 Å². The van der Waals surface area contributed by atoms with Crippen molar-refractivity contribution in [2.24, 2.45) is 5.41 Å². The molecule has 1 aliphatic heterocycles. The lowest BCUT2D eigenvalue weighted by Gasteiger charge is -2.39. The van der Waals surface area contributed by atoms with Gasteiger partial charge < -0.3 is 14.7 Å². The lowest BCUT2D eigenvalue weighted by Crippen LogP contribution is -2.51. The molecule has 1 rings (SSSR count). The third kappa shape index (κ3) is 7.74. The molecule has 0 spiro atoms. The highest BCUT2D eigenvalue weighted by molar-refractivity contribution is 6.02. The van der Waals surface area contributed by atoms with Crippen molar-refractivity contribution in [2.45, 2.75) is 110 Å². The topological polar surface area (TPSA) is 70.1 Å². The SMILES string of the molecule is CCC(CC)(CCCO)CCCCOCCCCC(CC)(CC)N1C(=O)CN(C)C1=O. The number of nitrogens with zero attached hydrogens (tertiary/aromatic N) is 2. The van der Waals surface area contributed by atoms with Gasteiger partial charge in [0.1, 0.15) is 6.54 Å². The molecule has 1 heterocycles. The number of ether oxygens (including phenoxy) is 1. The number of hydrogen-bond acceptors (Lipinski definition) is 4. The second-order valence-electron chi connectivity index (χ2n) is 9.36. The van der Waals surface area contributed by atoms with Gasteiger partial charge in [0.25, 0.3) is 5.91 Å². The number of unbranched alkanes of at least 4 members (excludes halogenated alkanes) is 2. The number of likely N-dealkylation sites (N-methyl/N-ethyl adjacent to an activating group) is 1. The van der Waals surface area contributed by atoms with Crippen LogP contribution in [0.3, 0.4) is 0 Å². The largest absolute Gasteiger partial charge is 0.396 e. The number of aliphatic hydroxyl groups is 1. The molecule has 1 saturated heterocycles. The summed E-state index contributed by atoms with van der Waals surface area (Å²) in [6.07, 6.45) is 12.2. The number of carbonyl (C=O) groups excluding carboxylic acids is 2. The summed E-state index contributed by atoms with van der Waals surface area (Å²) in [7, 11) is 1.70. The minimum absolute atomic E-state index is 0.0679. The van der Waals surface area contributed by atoms with E-state index >= 15 is 0 Å². The summed E-state index contributed by atoms with van der Waals surface area (Å²) in [6.45, 7) is 10.7. The molecular weight excluding hydrogens is 392 g/mol. The summed E-state index contributed by atoms with van der Waals surface area (Å²) in [4.78, 5) is 27.9. The quantitative estimate of drug-likeness (QED) is 0.230. The summed E-state index contributed by atoms with van der Waals surface area (Å²) in [5.74, 6) is -0.0679. The van der Waals surface area contributed by atoms with Crippen molar-refractivity contribution in [3.05, 3.63) is 0 Å². The first-order valence-electron chi connectivity index (χ1n) is 12.6. The fourth-order valence-corrected chi connectivity index (χ4v) is 5.12. The Kier molecular flexibility index (Phi) is 12.7. The zero-order chi connectivity index (χ0) is 23.3. The number of aliphatic hydroxyl groups excluding tert-OH is 1. The lowest BCUT2D eigenvalue weighted by molar-refractivity contribution is -0.130. The number of amides is 3. The number of rotatable bonds is 18. The van der Waals surface area contributed by atoms with Crippen molar-refractivity contribution in [1.82, 2.24) is 9.80 Å². The van der Waals surface area contributed by atoms with E-state index in [2.05, 4.69) is 27.7 Å². The van der Waals surface area contributed by atoms with Gasteiger partial charge in [-0.3, -0.25) is 9.69 Å². The first-order valence-corrected chi connectivity index (χ1v) is 12.6. The third-order valence-corrected chi connectivity index (χ3v) is 7.72. The predicted octanol–water partition coefficient (Wildman–Crippen LogP) is 5.38. The van der Waals surface area contributed by atoms with E-state index < -0.39 is 0 Å². The molecule has 31 heavy (non-hydrogen) atoms. The van der Waals surface area contributed by atoms with Crippen molar-refractivity contribution in [3.8, 4) is 0 Å². The monoisotopic (exact) mass is 440 g/mol. The van der Waals surface area contributed by atoms with Gasteiger partial charge in [0.05, 0.1) is 5.54 Å². The Labute approximate surface area is 190 Å². The van der Waals surface area contributed by atoms with Gasteiger partial charge in [-0.2, -0.15) is 0 Å². The van der Waals surface area contributed by atoms with E-state index in [4.69, 9.17) is 9.84 Å². The second-order valence-corrected chi connectivity index (χ2v) is 9.36. The Morgan fingerprint density at radius 2 is 1.39 bits per heavy atom. The highest BCUT2D eigenvalue weighted by Gasteiger charge is 2.46. The molecule has 1 aliphatic rings. The van der Waals surface area contributed by atoms with Crippen molar-refractivity contribution < 1.29 is 19.4 Å². The molecule has 6 heteroatoms. The molecule has 0 bridgehead atoms. The van der Waals surface area contributed by atoms with Gasteiger partial charge in [-0.05, 0) is 63.2 Å². The number of hydrogen-bond donors (Lipinski definition) is 1. The molecule has 0 radical (unpaired) electrons. The summed E-state index contributed by atoms with van der Waals surface area (Å²) in [5.41, 5.74) is 0.0159. The molecule has 0 aromatic heterocycles. The van der Waals surface area contributed by atoms with Crippen LogP contribution in [0.5, 0.6) is 0 Å². The fourth-order valence-electron chi connectivity index (χ4n) is 5.12. The molecule has 0 saturated carbocycles. The van der Waals surface area contributed by atoms with Crippen LogP contribution in [-0.2, 0) is 9.53 Å². The predicted molar refractivity (Wildman–Crippen MR) is 126 cm³/mol. The highest BCUT2D eigenvalue weighted by Crippen LogP contribution is 2.37. The Morgan fingerprint density at radius 3 is 1.84 bits per heavy atom. The van der Waals surface area contributed by atoms with Crippen LogP contribution >= 0.6 is 0 Å². The minimum atomic E-state index is -0.364. The van der Waals surface area contributed by atoms with Crippen LogP contribution in [0.1, 0.15) is 105 Å². The minimum Gasteiger partial charge on any atom is -0.396 e. The molecule has 1 fully saturated rings. The summed E-state index contributed by atoms with van der Waals surface area (Å²) in [5, 5.41) is 9.16. The van der Waals surface area contributed by atoms with E-state index in [1.165, 1.54) is 35.5 Å². The first-order chi connectivity index (χ1) is 14.8. The standard InChI is InChI=1S/C25H48N2O4/c1-6-24(7-2,16-14-18-28)15-10-12-19-31-20-13-11-17-25(8-3,9-4)27-22(29)21-26(5)23(27)30/h28H,6-21H2,1-5H3. The zero-order valence-electron chi connectivity index (χ0n) is 20.9. The van der Waals surface area contributed by atoms with Gasteiger partial charge in [-0.1, -0.05) is 47.0 Å². The number of carbonyl (C=O) groups is 2. The van der Waals surface area contributed by atoms with Crippen LogP contribution in [0.15, 0.2) is 0 Å². The maximum absolute atomic E-state index is 12.5. The summed E-state index contributed by atoms with van der Waals surface area (Å²) < 4.78 is 5.87.